The Morgan fingerprint density at radius 1 is 0.417 bits per heavy atom. The first-order chi connectivity index (χ1) is 28.7. The van der Waals surface area contributed by atoms with Crippen LogP contribution < -0.4 is 0 Å². The molecule has 7 heteroatoms. The minimum absolute atomic E-state index is 0.0145. The number of nitrogens with zero attached hydrogens (tertiary/aromatic N) is 1. The molecule has 0 bridgehead atoms. The lowest BCUT2D eigenvalue weighted by atomic mass is 9.99. The van der Waals surface area contributed by atoms with Gasteiger partial charge in [-0.3, -0.25) is 14.4 Å². The highest BCUT2D eigenvalue weighted by Gasteiger charge is 2.16. The molecule has 0 spiro atoms. The minimum Gasteiger partial charge on any atom is -0.465 e. The van der Waals surface area contributed by atoms with Crippen LogP contribution in [0.5, 0.6) is 0 Å². The van der Waals surface area contributed by atoms with Crippen molar-refractivity contribution in [2.45, 2.75) is 253 Å². The fraction of sp³-hybridized carbons (Fsp3) is 0.868. The fourth-order valence-electron chi connectivity index (χ4n) is 7.06. The second kappa shape index (κ2) is 39.7. The van der Waals surface area contributed by atoms with Crippen molar-refractivity contribution < 1.29 is 28.6 Å². The molecule has 0 aromatic heterocycles. The van der Waals surface area contributed by atoms with Gasteiger partial charge in [0.15, 0.2) is 0 Å². The number of carbonyl (C=O) groups is 3. The van der Waals surface area contributed by atoms with Crippen LogP contribution in [0.1, 0.15) is 247 Å². The summed E-state index contributed by atoms with van der Waals surface area (Å²) in [6.07, 6.45) is 45.2. The number of esters is 3. The number of ether oxygens (including phenoxy) is 3. The summed E-state index contributed by atoms with van der Waals surface area (Å²) >= 11 is 0. The van der Waals surface area contributed by atoms with E-state index in [1.807, 2.05) is 0 Å². The SMILES string of the molecule is CN(C)CCCC(=O)OC(CCCCCCCCC=CCCCCCCCC(=O)OCC(C)(C)C)CCCCCCCCC=CCCCCCCCC(=O)OCC(C)(C)C. The summed E-state index contributed by atoms with van der Waals surface area (Å²) in [4.78, 5) is 38.4. The van der Waals surface area contributed by atoms with Gasteiger partial charge in [0.2, 0.25) is 0 Å². The summed E-state index contributed by atoms with van der Waals surface area (Å²) in [6.45, 7) is 14.4. The molecular weight excluding hydrogens is 747 g/mol. The van der Waals surface area contributed by atoms with Gasteiger partial charge in [-0.15, -0.1) is 0 Å². The standard InChI is InChI=1S/C53H99NO6/c1-52(2,3)46-58-49(55)42-37-33-29-25-21-17-13-9-11-15-19-23-27-31-35-40-48(60-51(57)44-39-45-54(7)8)41-36-32-28-24-20-16-12-10-14-18-22-26-30-34-38-43-50(56)59-47-53(4,5)6/h9-10,13-14,48H,11-12,15-47H2,1-8H3. The molecule has 0 radical (unpaired) electrons. The Labute approximate surface area is 372 Å². The van der Waals surface area contributed by atoms with Gasteiger partial charge in [-0.25, -0.2) is 0 Å². The average molecular weight is 846 g/mol. The van der Waals surface area contributed by atoms with Crippen molar-refractivity contribution in [2.75, 3.05) is 33.9 Å². The van der Waals surface area contributed by atoms with Crippen LogP contribution in [-0.2, 0) is 28.6 Å². The van der Waals surface area contributed by atoms with Crippen LogP contribution in [0.2, 0.25) is 0 Å². The highest BCUT2D eigenvalue weighted by molar-refractivity contribution is 5.70. The van der Waals surface area contributed by atoms with Crippen molar-refractivity contribution in [3.05, 3.63) is 24.3 Å². The minimum atomic E-state index is -0.0508. The molecule has 60 heavy (non-hydrogen) atoms. The molecule has 0 saturated carbocycles. The van der Waals surface area contributed by atoms with Crippen molar-refractivity contribution >= 4 is 17.9 Å². The third kappa shape index (κ3) is 46.9. The summed E-state index contributed by atoms with van der Waals surface area (Å²) < 4.78 is 16.7. The second-order valence-corrected chi connectivity index (χ2v) is 20.4. The largest absolute Gasteiger partial charge is 0.465 e. The van der Waals surface area contributed by atoms with E-state index < -0.39 is 0 Å². The molecule has 0 N–H and O–H groups in total. The molecule has 0 unspecified atom stereocenters. The predicted octanol–water partition coefficient (Wildman–Crippen LogP) is 15.2. The molecule has 0 saturated heterocycles. The van der Waals surface area contributed by atoms with Gasteiger partial charge < -0.3 is 19.1 Å². The topological polar surface area (TPSA) is 82.1 Å². The Kier molecular flexibility index (Phi) is 38.3. The van der Waals surface area contributed by atoms with Crippen molar-refractivity contribution in [1.82, 2.24) is 4.90 Å². The number of allylic oxidation sites excluding steroid dienone is 4. The lowest BCUT2D eigenvalue weighted by Gasteiger charge is -2.18. The Balaban J connectivity index is 3.93. The molecule has 352 valence electrons. The van der Waals surface area contributed by atoms with Crippen LogP contribution in [0.25, 0.3) is 0 Å². The van der Waals surface area contributed by atoms with E-state index in [4.69, 9.17) is 14.2 Å². The van der Waals surface area contributed by atoms with E-state index in [1.54, 1.807) is 0 Å². The summed E-state index contributed by atoms with van der Waals surface area (Å²) in [6, 6.07) is 0. The normalized spacial score (nSPS) is 12.8. The molecule has 0 atom stereocenters. The van der Waals surface area contributed by atoms with Gasteiger partial charge in [0.1, 0.15) is 6.10 Å². The quantitative estimate of drug-likeness (QED) is 0.0262. The molecule has 7 nitrogen and oxygen atoms in total. The van der Waals surface area contributed by atoms with Crippen LogP contribution in [0, 0.1) is 10.8 Å². The predicted molar refractivity (Wildman–Crippen MR) is 255 cm³/mol. The van der Waals surface area contributed by atoms with Crippen molar-refractivity contribution in [3.8, 4) is 0 Å². The Morgan fingerprint density at radius 3 is 1.05 bits per heavy atom. The van der Waals surface area contributed by atoms with Gasteiger partial charge in [-0.1, -0.05) is 156 Å². The Bertz CT molecular complexity index is 998. The first kappa shape index (κ1) is 57.9. The fourth-order valence-corrected chi connectivity index (χ4v) is 7.06. The zero-order chi connectivity index (χ0) is 44.6. The summed E-state index contributed by atoms with van der Waals surface area (Å²) in [5.74, 6) is -0.116. The molecule has 0 aromatic rings. The molecule has 0 aliphatic rings. The molecule has 0 rings (SSSR count). The lowest BCUT2D eigenvalue weighted by Crippen LogP contribution is -2.20. The van der Waals surface area contributed by atoms with Crippen molar-refractivity contribution in [2.24, 2.45) is 10.8 Å². The van der Waals surface area contributed by atoms with Gasteiger partial charge in [-0.2, -0.15) is 0 Å². The van der Waals surface area contributed by atoms with Gasteiger partial charge in [0.05, 0.1) is 13.2 Å². The van der Waals surface area contributed by atoms with Gasteiger partial charge >= 0.3 is 17.9 Å². The molecule has 0 heterocycles. The molecule has 0 amide bonds. The Hall–Kier alpha value is -2.15. The summed E-state index contributed by atoms with van der Waals surface area (Å²) in [7, 11) is 4.10. The van der Waals surface area contributed by atoms with E-state index in [9.17, 15) is 14.4 Å². The molecule has 0 aromatic carbocycles. The molecule has 0 aliphatic heterocycles. The third-order valence-corrected chi connectivity index (χ3v) is 10.7. The molecule has 0 fully saturated rings. The monoisotopic (exact) mass is 846 g/mol. The summed E-state index contributed by atoms with van der Waals surface area (Å²) in [5, 5.41) is 0. The van der Waals surface area contributed by atoms with Gasteiger partial charge in [0.25, 0.3) is 0 Å². The smallest absolute Gasteiger partial charge is 0.306 e. The summed E-state index contributed by atoms with van der Waals surface area (Å²) in [5.41, 5.74) is 0.0770. The zero-order valence-electron chi connectivity index (χ0n) is 41.0. The number of rotatable bonds is 41. The molecular formula is C53H99NO6. The van der Waals surface area contributed by atoms with Crippen LogP contribution >= 0.6 is 0 Å². The van der Waals surface area contributed by atoms with E-state index in [-0.39, 0.29) is 34.8 Å². The first-order valence-corrected chi connectivity index (χ1v) is 25.1. The van der Waals surface area contributed by atoms with Crippen LogP contribution in [0.3, 0.4) is 0 Å². The Morgan fingerprint density at radius 2 is 0.717 bits per heavy atom. The van der Waals surface area contributed by atoms with E-state index >= 15 is 0 Å². The molecule has 0 aliphatic carbocycles. The lowest BCUT2D eigenvalue weighted by molar-refractivity contribution is -0.150. The zero-order valence-corrected chi connectivity index (χ0v) is 41.0. The average Bonchev–Trinajstić information content (AvgIpc) is 3.17. The second-order valence-electron chi connectivity index (χ2n) is 20.4. The van der Waals surface area contributed by atoms with Crippen LogP contribution in [-0.4, -0.2) is 62.8 Å². The van der Waals surface area contributed by atoms with E-state index in [2.05, 4.69) is 84.8 Å². The van der Waals surface area contributed by atoms with Gasteiger partial charge in [0, 0.05) is 19.3 Å². The number of hydrogen-bond donors (Lipinski definition) is 0. The maximum Gasteiger partial charge on any atom is 0.306 e. The maximum atomic E-state index is 12.6. The van der Waals surface area contributed by atoms with E-state index in [0.717, 1.165) is 77.2 Å². The number of carbonyl (C=O) groups excluding carboxylic acids is 3. The van der Waals surface area contributed by atoms with Gasteiger partial charge in [-0.05, 0) is 128 Å². The third-order valence-electron chi connectivity index (χ3n) is 10.7. The van der Waals surface area contributed by atoms with Crippen molar-refractivity contribution in [3.63, 3.8) is 0 Å². The number of unbranched alkanes of at least 4 members (excludes halogenated alkanes) is 22. The highest BCUT2D eigenvalue weighted by atomic mass is 16.5. The number of hydrogen-bond acceptors (Lipinski definition) is 7. The highest BCUT2D eigenvalue weighted by Crippen LogP contribution is 2.20. The first-order valence-electron chi connectivity index (χ1n) is 25.1. The van der Waals surface area contributed by atoms with Crippen LogP contribution in [0.15, 0.2) is 24.3 Å². The van der Waals surface area contributed by atoms with E-state index in [0.29, 0.717) is 32.5 Å². The van der Waals surface area contributed by atoms with Crippen LogP contribution in [0.4, 0.5) is 0 Å². The van der Waals surface area contributed by atoms with E-state index in [1.165, 1.54) is 116 Å². The maximum absolute atomic E-state index is 12.6. The van der Waals surface area contributed by atoms with Crippen molar-refractivity contribution in [1.29, 1.82) is 0 Å².